The molecule has 0 aliphatic carbocycles. The summed E-state index contributed by atoms with van der Waals surface area (Å²) in [7, 11) is 0. The monoisotopic (exact) mass is 1020 g/mol. The minimum Gasteiger partial charge on any atom is -0.457 e. The van der Waals surface area contributed by atoms with Gasteiger partial charge in [-0.25, -0.2) is 22.5 Å². The van der Waals surface area contributed by atoms with Gasteiger partial charge in [0, 0.05) is 58.0 Å². The van der Waals surface area contributed by atoms with Crippen molar-refractivity contribution in [3.63, 3.8) is 0 Å². The fraction of sp³-hybridized carbons (Fsp3) is 0.132. The maximum Gasteiger partial charge on any atom is 0.137 e. The number of rotatable bonds is 9. The molecule has 77 heavy (non-hydrogen) atoms. The Hall–Kier alpha value is -8.95. The van der Waals surface area contributed by atoms with Crippen LogP contribution in [0.1, 0.15) is 52.7 Å². The van der Waals surface area contributed by atoms with Crippen LogP contribution in [0.5, 0.6) is 11.5 Å². The fourth-order valence-electron chi connectivity index (χ4n) is 10.8. The molecule has 1 aliphatic rings. The van der Waals surface area contributed by atoms with E-state index in [1.807, 2.05) is 112 Å². The Kier molecular flexibility index (Phi) is 12.1. The molecule has 9 aromatic carbocycles. The molecule has 3 heterocycles. The molecule has 11 aromatic rings. The molecule has 0 saturated heterocycles. The first-order valence-corrected chi connectivity index (χ1v) is 25.8. The second kappa shape index (κ2) is 19.0. The van der Waals surface area contributed by atoms with Gasteiger partial charge in [0.1, 0.15) is 47.3 Å². The van der Waals surface area contributed by atoms with Gasteiger partial charge >= 0.3 is 0 Å². The number of nitrogens with zero attached hydrogens (tertiary/aromatic N) is 4. The minimum atomic E-state index is -0.749. The lowest BCUT2D eigenvalue weighted by atomic mass is 9.82. The summed E-state index contributed by atoms with van der Waals surface area (Å²) in [6.45, 7) is 12.9. The van der Waals surface area contributed by atoms with Gasteiger partial charge in [0.25, 0.3) is 0 Å². The van der Waals surface area contributed by atoms with E-state index >= 15 is 17.6 Å². The fourth-order valence-corrected chi connectivity index (χ4v) is 10.8. The maximum absolute atomic E-state index is 15.4. The van der Waals surface area contributed by atoms with Gasteiger partial charge in [-0.05, 0) is 146 Å². The Morgan fingerprint density at radius 2 is 0.961 bits per heavy atom. The summed E-state index contributed by atoms with van der Waals surface area (Å²) in [5, 5.41) is 2.16. The lowest BCUT2D eigenvalue weighted by Crippen LogP contribution is -2.25. The summed E-state index contributed by atoms with van der Waals surface area (Å²) in [5.74, 6) is -0.990. The normalized spacial score (nSPS) is 12.7. The Morgan fingerprint density at radius 3 is 1.60 bits per heavy atom. The molecule has 12 rings (SSSR count). The zero-order valence-corrected chi connectivity index (χ0v) is 43.5. The van der Waals surface area contributed by atoms with E-state index in [0.29, 0.717) is 28.3 Å². The van der Waals surface area contributed by atoms with Crippen molar-refractivity contribution < 1.29 is 22.3 Å². The highest BCUT2D eigenvalue weighted by Gasteiger charge is 2.34. The number of benzene rings is 9. The van der Waals surface area contributed by atoms with Crippen LogP contribution in [0.2, 0.25) is 0 Å². The predicted molar refractivity (Wildman–Crippen MR) is 306 cm³/mol. The average Bonchev–Trinajstić information content (AvgIpc) is 3.97. The maximum atomic E-state index is 15.4. The van der Waals surface area contributed by atoms with Crippen LogP contribution in [0.3, 0.4) is 0 Å². The van der Waals surface area contributed by atoms with Crippen molar-refractivity contribution in [1.29, 1.82) is 0 Å². The third kappa shape index (κ3) is 9.26. The van der Waals surface area contributed by atoms with Crippen LogP contribution < -0.4 is 14.5 Å². The van der Waals surface area contributed by atoms with Crippen molar-refractivity contribution in [3.05, 3.63) is 241 Å². The number of aromatic nitrogens is 2. The third-order valence-corrected chi connectivity index (χ3v) is 14.6. The second-order valence-electron chi connectivity index (χ2n) is 21.9. The molecule has 0 N–H and O–H groups in total. The molecule has 0 bridgehead atoms. The number of hydrogen-bond acceptors (Lipinski definition) is 4. The number of fused-ring (bicyclic) bond motifs is 4. The van der Waals surface area contributed by atoms with Gasteiger partial charge in [0.15, 0.2) is 0 Å². The Labute approximate surface area is 445 Å². The minimum absolute atomic E-state index is 0.0949. The summed E-state index contributed by atoms with van der Waals surface area (Å²) in [5.41, 5.74) is 11.8. The van der Waals surface area contributed by atoms with E-state index in [1.165, 1.54) is 29.8 Å². The average molecular weight is 1020 g/mol. The van der Waals surface area contributed by atoms with E-state index in [4.69, 9.17) is 9.72 Å². The summed E-state index contributed by atoms with van der Waals surface area (Å²) < 4.78 is 71.0. The highest BCUT2D eigenvalue weighted by atomic mass is 19.1. The number of para-hydroxylation sites is 3. The van der Waals surface area contributed by atoms with Crippen molar-refractivity contribution in [2.45, 2.75) is 52.4 Å². The first-order valence-electron chi connectivity index (χ1n) is 25.8. The van der Waals surface area contributed by atoms with Crippen molar-refractivity contribution in [2.24, 2.45) is 0 Å². The molecule has 0 radical (unpaired) electrons. The van der Waals surface area contributed by atoms with Crippen LogP contribution in [0.25, 0.3) is 72.1 Å². The summed E-state index contributed by atoms with van der Waals surface area (Å²) in [6.07, 6.45) is 1.87. The van der Waals surface area contributed by atoms with Gasteiger partial charge in [-0.3, -0.25) is 4.57 Å². The lowest BCUT2D eigenvalue weighted by Gasteiger charge is -2.30. The van der Waals surface area contributed by atoms with Crippen molar-refractivity contribution in [3.8, 4) is 61.8 Å². The first-order chi connectivity index (χ1) is 37.0. The summed E-state index contributed by atoms with van der Waals surface area (Å²) >= 11 is 0. The zero-order valence-electron chi connectivity index (χ0n) is 43.5. The van der Waals surface area contributed by atoms with E-state index in [1.54, 1.807) is 0 Å². The molecule has 5 nitrogen and oxygen atoms in total. The molecule has 0 spiro atoms. The van der Waals surface area contributed by atoms with Crippen LogP contribution >= 0.6 is 0 Å². The van der Waals surface area contributed by atoms with E-state index in [9.17, 15) is 0 Å². The molecular formula is C68H54F4N4O. The van der Waals surface area contributed by atoms with E-state index in [2.05, 4.69) is 114 Å². The first kappa shape index (κ1) is 49.0. The molecule has 0 fully saturated rings. The quantitative estimate of drug-likeness (QED) is 0.135. The third-order valence-electron chi connectivity index (χ3n) is 14.6. The smallest absolute Gasteiger partial charge is 0.137 e. The molecule has 9 heteroatoms. The number of anilines is 4. The van der Waals surface area contributed by atoms with Crippen LogP contribution in [0.15, 0.2) is 206 Å². The molecule has 380 valence electrons. The van der Waals surface area contributed by atoms with Crippen LogP contribution in [0, 0.1) is 23.3 Å². The second-order valence-corrected chi connectivity index (χ2v) is 21.9. The van der Waals surface area contributed by atoms with Gasteiger partial charge in [-0.15, -0.1) is 0 Å². The molecule has 2 aromatic heterocycles. The molecule has 0 atom stereocenters. The summed E-state index contributed by atoms with van der Waals surface area (Å²) in [4.78, 5) is 9.16. The van der Waals surface area contributed by atoms with Crippen LogP contribution in [-0.4, -0.2) is 16.2 Å². The number of ether oxygens (including phenoxy) is 1. The predicted octanol–water partition coefficient (Wildman–Crippen LogP) is 19.0. The van der Waals surface area contributed by atoms with Gasteiger partial charge in [-0.1, -0.05) is 126 Å². The zero-order chi connectivity index (χ0) is 53.3. The van der Waals surface area contributed by atoms with Gasteiger partial charge in [-0.2, -0.15) is 0 Å². The Bertz CT molecular complexity index is 3980. The molecule has 1 aliphatic heterocycles. The lowest BCUT2D eigenvalue weighted by molar-refractivity contribution is 0.483. The number of pyridine rings is 1. The van der Waals surface area contributed by atoms with Crippen molar-refractivity contribution in [1.82, 2.24) is 9.55 Å². The van der Waals surface area contributed by atoms with E-state index in [-0.39, 0.29) is 23.2 Å². The Balaban J connectivity index is 1.05. The number of halogens is 4. The van der Waals surface area contributed by atoms with E-state index < -0.39 is 28.7 Å². The SMILES string of the molecule is CC(C)(C)c1ccnc(-n2c3ccccc3c3ccc(Oc4cc(-c5ccccc5-c5ccccc5)cc(N5CN(c6c(-c7cc(F)cc(F)c7)cc(C(C)(C)C)cc6-c6cc(F)cc(F)c6)c6ccccc65)c4)cc32)c1. The highest BCUT2D eigenvalue weighted by Crippen LogP contribution is 2.53. The van der Waals surface area contributed by atoms with Gasteiger partial charge in [0.05, 0.1) is 28.1 Å². The highest BCUT2D eigenvalue weighted by molar-refractivity contribution is 6.09. The van der Waals surface area contributed by atoms with Gasteiger partial charge < -0.3 is 14.5 Å². The molecule has 0 unspecified atom stereocenters. The Morgan fingerprint density at radius 1 is 0.416 bits per heavy atom. The van der Waals surface area contributed by atoms with Crippen molar-refractivity contribution >= 4 is 44.6 Å². The number of hydrogen-bond donors (Lipinski definition) is 0. The summed E-state index contributed by atoms with van der Waals surface area (Å²) in [6, 6.07) is 62.3. The topological polar surface area (TPSA) is 33.5 Å². The molecule has 0 saturated carbocycles. The molecule has 0 amide bonds. The van der Waals surface area contributed by atoms with Gasteiger partial charge in [0.2, 0.25) is 0 Å². The molecular weight excluding hydrogens is 965 g/mol. The van der Waals surface area contributed by atoms with E-state index in [0.717, 1.165) is 84.6 Å². The largest absolute Gasteiger partial charge is 0.457 e. The van der Waals surface area contributed by atoms with Crippen molar-refractivity contribution in [2.75, 3.05) is 16.5 Å². The van der Waals surface area contributed by atoms with Crippen LogP contribution in [-0.2, 0) is 10.8 Å². The standard InChI is InChI=1S/C68H54F4N4O/c1-67(2,3)46-26-27-73-65(36-46)76-61-21-13-12-20-57(61)58-25-24-53(40-64(58)76)77-54-33-45(56-19-11-10-18-55(56)42-16-8-7-9-17-42)32-52(39-54)74-41-75(63-23-15-14-22-62(63)74)66-59(43-28-48(69)37-49(70)29-43)34-47(68(4,5)6)35-60(66)44-30-50(71)38-51(72)31-44/h7-40H,41H2,1-6H3. The van der Waals surface area contributed by atoms with Crippen LogP contribution in [0.4, 0.5) is 40.3 Å².